The Hall–Kier alpha value is -2.22. The van der Waals surface area contributed by atoms with Gasteiger partial charge in [0.25, 0.3) is 0 Å². The molecule has 6 nitrogen and oxygen atoms in total. The minimum absolute atomic E-state index is 0.0968. The van der Waals surface area contributed by atoms with Gasteiger partial charge in [-0.2, -0.15) is 0 Å². The van der Waals surface area contributed by atoms with Crippen molar-refractivity contribution in [2.24, 2.45) is 0 Å². The van der Waals surface area contributed by atoms with Crippen molar-refractivity contribution in [3.05, 3.63) is 54.1 Å². The van der Waals surface area contributed by atoms with Crippen LogP contribution in [-0.2, 0) is 9.47 Å². The van der Waals surface area contributed by atoms with E-state index in [1.54, 1.807) is 36.0 Å². The van der Waals surface area contributed by atoms with Crippen molar-refractivity contribution in [2.45, 2.75) is 30.4 Å². The molecule has 0 aliphatic rings. The largest absolute Gasteiger partial charge is 0.508 e. The Labute approximate surface area is 163 Å². The second-order valence-electron chi connectivity index (χ2n) is 5.78. The summed E-state index contributed by atoms with van der Waals surface area (Å²) in [7, 11) is 0. The molecule has 2 rings (SSSR count). The zero-order chi connectivity index (χ0) is 19.6. The number of rotatable bonds is 9. The monoisotopic (exact) mass is 391 g/mol. The van der Waals surface area contributed by atoms with Gasteiger partial charge in [-0.05, 0) is 55.1 Å². The van der Waals surface area contributed by atoms with E-state index in [-0.39, 0.29) is 12.4 Å². The van der Waals surface area contributed by atoms with Crippen LogP contribution in [-0.4, -0.2) is 41.9 Å². The summed E-state index contributed by atoms with van der Waals surface area (Å²) < 4.78 is 11.3. The average Bonchev–Trinajstić information content (AvgIpc) is 2.67. The number of aliphatic hydroxyl groups excluding tert-OH is 1. The summed E-state index contributed by atoms with van der Waals surface area (Å²) in [4.78, 5) is 13.5. The van der Waals surface area contributed by atoms with E-state index >= 15 is 0 Å². The normalized spacial score (nSPS) is 13.0. The SMILES string of the molecule is CCO[C@H](CCO)[C@H](OC(=O)Nc1ccc(SC)cc1)c1ccc(O)cc1. The molecule has 2 aromatic rings. The Balaban J connectivity index is 2.15. The lowest BCUT2D eigenvalue weighted by atomic mass is 10.0. The molecule has 0 bridgehead atoms. The maximum absolute atomic E-state index is 12.4. The van der Waals surface area contributed by atoms with Crippen LogP contribution < -0.4 is 5.32 Å². The highest BCUT2D eigenvalue weighted by Crippen LogP contribution is 2.28. The third-order valence-corrected chi connectivity index (χ3v) is 4.67. The molecule has 0 aliphatic heterocycles. The number of phenols is 1. The molecule has 0 fully saturated rings. The molecule has 0 unspecified atom stereocenters. The number of ether oxygens (including phenoxy) is 2. The summed E-state index contributed by atoms with van der Waals surface area (Å²) in [5.41, 5.74) is 1.30. The Kier molecular flexibility index (Phi) is 8.44. The zero-order valence-corrected chi connectivity index (χ0v) is 16.2. The van der Waals surface area contributed by atoms with Crippen LogP contribution in [0.5, 0.6) is 5.75 Å². The number of aromatic hydroxyl groups is 1. The van der Waals surface area contributed by atoms with Gasteiger partial charge in [-0.3, -0.25) is 5.32 Å². The minimum atomic E-state index is -0.719. The van der Waals surface area contributed by atoms with E-state index in [0.717, 1.165) is 4.90 Å². The van der Waals surface area contributed by atoms with Crippen LogP contribution in [0.3, 0.4) is 0 Å². The molecule has 27 heavy (non-hydrogen) atoms. The average molecular weight is 391 g/mol. The van der Waals surface area contributed by atoms with E-state index in [2.05, 4.69) is 5.32 Å². The molecule has 0 aromatic heterocycles. The lowest BCUT2D eigenvalue weighted by Gasteiger charge is -2.27. The van der Waals surface area contributed by atoms with E-state index in [9.17, 15) is 15.0 Å². The summed E-state index contributed by atoms with van der Waals surface area (Å²) in [6, 6.07) is 13.8. The third kappa shape index (κ3) is 6.46. The highest BCUT2D eigenvalue weighted by molar-refractivity contribution is 7.98. The van der Waals surface area contributed by atoms with Crippen LogP contribution in [0.15, 0.2) is 53.4 Å². The van der Waals surface area contributed by atoms with Gasteiger partial charge in [0.2, 0.25) is 0 Å². The van der Waals surface area contributed by atoms with Crippen LogP contribution >= 0.6 is 11.8 Å². The lowest BCUT2D eigenvalue weighted by Crippen LogP contribution is -2.29. The third-order valence-electron chi connectivity index (χ3n) is 3.92. The first-order chi connectivity index (χ1) is 13.1. The molecule has 0 aliphatic carbocycles. The number of aliphatic hydroxyl groups is 1. The minimum Gasteiger partial charge on any atom is -0.508 e. The van der Waals surface area contributed by atoms with Crippen LogP contribution in [0.25, 0.3) is 0 Å². The van der Waals surface area contributed by atoms with Gasteiger partial charge in [-0.25, -0.2) is 4.79 Å². The van der Waals surface area contributed by atoms with Gasteiger partial charge in [0, 0.05) is 30.2 Å². The molecule has 0 heterocycles. The summed E-state index contributed by atoms with van der Waals surface area (Å²) >= 11 is 1.62. The number of carbonyl (C=O) groups is 1. The van der Waals surface area contributed by atoms with Crippen molar-refractivity contribution >= 4 is 23.5 Å². The van der Waals surface area contributed by atoms with Crippen LogP contribution in [0.2, 0.25) is 0 Å². The van der Waals surface area contributed by atoms with Gasteiger partial charge in [0.05, 0.1) is 0 Å². The summed E-state index contributed by atoms with van der Waals surface area (Å²) in [6.45, 7) is 2.16. The van der Waals surface area contributed by atoms with Gasteiger partial charge in [-0.1, -0.05) is 12.1 Å². The van der Waals surface area contributed by atoms with E-state index in [1.807, 2.05) is 25.3 Å². The van der Waals surface area contributed by atoms with Crippen molar-refractivity contribution < 1.29 is 24.5 Å². The van der Waals surface area contributed by atoms with Gasteiger partial charge in [-0.15, -0.1) is 11.8 Å². The molecule has 2 aromatic carbocycles. The van der Waals surface area contributed by atoms with Crippen LogP contribution in [0.1, 0.15) is 25.0 Å². The molecular weight excluding hydrogens is 366 g/mol. The summed E-state index contributed by atoms with van der Waals surface area (Å²) in [6.07, 6.45) is 0.452. The number of hydrogen-bond donors (Lipinski definition) is 3. The quantitative estimate of drug-likeness (QED) is 0.556. The summed E-state index contributed by atoms with van der Waals surface area (Å²) in [5, 5.41) is 21.6. The van der Waals surface area contributed by atoms with Crippen LogP contribution in [0.4, 0.5) is 10.5 Å². The Morgan fingerprint density at radius 3 is 2.37 bits per heavy atom. The number of nitrogens with one attached hydrogen (secondary N) is 1. The number of amides is 1. The molecule has 1 amide bonds. The highest BCUT2D eigenvalue weighted by atomic mass is 32.2. The fourth-order valence-corrected chi connectivity index (χ4v) is 3.03. The second-order valence-corrected chi connectivity index (χ2v) is 6.66. The number of carbonyl (C=O) groups excluding carboxylic acids is 1. The number of benzene rings is 2. The summed E-state index contributed by atoms with van der Waals surface area (Å²) in [5.74, 6) is 0.117. The topological polar surface area (TPSA) is 88.0 Å². The molecule has 0 spiro atoms. The van der Waals surface area contributed by atoms with Gasteiger partial charge < -0.3 is 19.7 Å². The molecular formula is C20H25NO5S. The van der Waals surface area contributed by atoms with Crippen LogP contribution in [0, 0.1) is 0 Å². The second kappa shape index (κ2) is 10.8. The van der Waals surface area contributed by atoms with E-state index in [1.165, 1.54) is 12.1 Å². The van der Waals surface area contributed by atoms with Gasteiger partial charge >= 0.3 is 6.09 Å². The molecule has 7 heteroatoms. The maximum atomic E-state index is 12.4. The first-order valence-corrected chi connectivity index (χ1v) is 9.93. The number of thioether (sulfide) groups is 1. The molecule has 146 valence electrons. The zero-order valence-electron chi connectivity index (χ0n) is 15.4. The van der Waals surface area contributed by atoms with Crippen molar-refractivity contribution in [3.63, 3.8) is 0 Å². The van der Waals surface area contributed by atoms with Crippen molar-refractivity contribution in [1.82, 2.24) is 0 Å². The number of hydrogen-bond acceptors (Lipinski definition) is 6. The van der Waals surface area contributed by atoms with E-state index < -0.39 is 18.3 Å². The molecule has 0 radical (unpaired) electrons. The number of phenolic OH excluding ortho intramolecular Hbond substituents is 1. The first-order valence-electron chi connectivity index (χ1n) is 8.70. The fourth-order valence-electron chi connectivity index (χ4n) is 2.62. The molecule has 2 atom stereocenters. The molecule has 3 N–H and O–H groups in total. The Morgan fingerprint density at radius 1 is 1.15 bits per heavy atom. The first kappa shape index (κ1) is 21.1. The van der Waals surface area contributed by atoms with Gasteiger partial charge in [0.15, 0.2) is 6.10 Å². The molecule has 0 saturated heterocycles. The van der Waals surface area contributed by atoms with Crippen molar-refractivity contribution in [1.29, 1.82) is 0 Å². The van der Waals surface area contributed by atoms with Gasteiger partial charge in [0.1, 0.15) is 11.9 Å². The lowest BCUT2D eigenvalue weighted by molar-refractivity contribution is -0.0484. The highest BCUT2D eigenvalue weighted by Gasteiger charge is 2.27. The van der Waals surface area contributed by atoms with Crippen molar-refractivity contribution in [2.75, 3.05) is 24.8 Å². The van der Waals surface area contributed by atoms with E-state index in [4.69, 9.17) is 9.47 Å². The smallest absolute Gasteiger partial charge is 0.412 e. The predicted octanol–water partition coefficient (Wildman–Crippen LogP) is 4.19. The predicted molar refractivity (Wildman–Crippen MR) is 106 cm³/mol. The van der Waals surface area contributed by atoms with E-state index in [0.29, 0.717) is 24.3 Å². The van der Waals surface area contributed by atoms with Crippen molar-refractivity contribution in [3.8, 4) is 5.75 Å². The molecule has 0 saturated carbocycles. The Morgan fingerprint density at radius 2 is 1.81 bits per heavy atom. The number of anilines is 1. The maximum Gasteiger partial charge on any atom is 0.412 e. The Bertz CT molecular complexity index is 699. The standard InChI is InChI=1S/C20H25NO5S/c1-3-25-18(12-13-22)19(14-4-8-16(23)9-5-14)26-20(24)21-15-6-10-17(27-2)11-7-15/h4-11,18-19,22-23H,3,12-13H2,1-2H3,(H,21,24)/t18-,19-/m1/s1. The fraction of sp³-hybridized carbons (Fsp3) is 0.350.